The molecule has 0 aromatic heterocycles. The molecule has 0 saturated carbocycles. The normalized spacial score (nSPS) is 12.2. The number of hydrazone groups is 1. The van der Waals surface area contributed by atoms with Crippen LogP contribution in [0.5, 0.6) is 0 Å². The Balaban J connectivity index is 0.00000158. The second-order valence-electron chi connectivity index (χ2n) is 7.70. The van der Waals surface area contributed by atoms with Gasteiger partial charge in [-0.1, -0.05) is 72.3 Å². The van der Waals surface area contributed by atoms with Crippen molar-refractivity contribution in [1.29, 1.82) is 0 Å². The van der Waals surface area contributed by atoms with Crippen LogP contribution < -0.4 is 0 Å². The van der Waals surface area contributed by atoms with Gasteiger partial charge in [0.25, 0.3) is 0 Å². The molecule has 0 saturated heterocycles. The van der Waals surface area contributed by atoms with Crippen molar-refractivity contribution in [2.75, 3.05) is 0 Å². The molecule has 1 aliphatic rings. The lowest BCUT2D eigenvalue weighted by Crippen LogP contribution is -2.30. The summed E-state index contributed by atoms with van der Waals surface area (Å²) in [4.78, 5) is 12.3. The molecule has 1 heterocycles. The zero-order valence-electron chi connectivity index (χ0n) is 19.0. The van der Waals surface area contributed by atoms with E-state index in [-0.39, 0.29) is 12.3 Å². The molecule has 0 fully saturated rings. The minimum absolute atomic E-state index is 0.0258. The topological polar surface area (TPSA) is 62.1 Å². The van der Waals surface area contributed by atoms with Gasteiger partial charge in [0, 0.05) is 16.3 Å². The Morgan fingerprint density at radius 2 is 1.71 bits per heavy atom. The van der Waals surface area contributed by atoms with Crippen LogP contribution in [0.15, 0.2) is 83.6 Å². The van der Waals surface area contributed by atoms with Crippen LogP contribution in [0.3, 0.4) is 0 Å². The molecule has 1 N–H and O–H groups in total. The highest BCUT2D eigenvalue weighted by Crippen LogP contribution is 2.39. The standard InChI is InChI=1S/C26H23ClN2O3.C2H2/c1-17(2)28-29-15-23-21(19-10-6-11-20(27)14-19)12-7-13-22(23)25(24(29)26(30)31)32-16-18-8-4-3-5-9-18;1-2/h3-14H,15-16H2,1-2H3,(H,30,31);1-2H. The van der Waals surface area contributed by atoms with E-state index < -0.39 is 5.97 Å². The maximum atomic E-state index is 12.3. The number of rotatable bonds is 6. The number of halogens is 1. The van der Waals surface area contributed by atoms with E-state index in [2.05, 4.69) is 17.9 Å². The summed E-state index contributed by atoms with van der Waals surface area (Å²) < 4.78 is 6.16. The van der Waals surface area contributed by atoms with E-state index in [0.29, 0.717) is 17.3 Å². The van der Waals surface area contributed by atoms with Crippen molar-refractivity contribution in [2.24, 2.45) is 5.10 Å². The number of benzene rings is 3. The average Bonchev–Trinajstić information content (AvgIpc) is 2.83. The quantitative estimate of drug-likeness (QED) is 0.331. The van der Waals surface area contributed by atoms with Crippen molar-refractivity contribution in [3.05, 3.63) is 100 Å². The summed E-state index contributed by atoms with van der Waals surface area (Å²) in [6, 6.07) is 23.1. The number of terminal acetylenes is 1. The lowest BCUT2D eigenvalue weighted by Gasteiger charge is -2.31. The number of carboxylic acid groups (broad SMARTS) is 1. The van der Waals surface area contributed by atoms with Crippen molar-refractivity contribution in [3.8, 4) is 24.0 Å². The number of nitrogens with zero attached hydrogens (tertiary/aromatic N) is 2. The number of hydrogen-bond donors (Lipinski definition) is 1. The van der Waals surface area contributed by atoms with Gasteiger partial charge in [-0.2, -0.15) is 5.10 Å². The Morgan fingerprint density at radius 3 is 2.35 bits per heavy atom. The Morgan fingerprint density at radius 1 is 1.03 bits per heavy atom. The van der Waals surface area contributed by atoms with E-state index in [9.17, 15) is 9.90 Å². The van der Waals surface area contributed by atoms with Crippen molar-refractivity contribution in [1.82, 2.24) is 5.01 Å². The molecule has 3 aromatic rings. The van der Waals surface area contributed by atoms with Crippen LogP contribution in [0, 0.1) is 12.8 Å². The van der Waals surface area contributed by atoms with Crippen molar-refractivity contribution >= 4 is 29.0 Å². The first-order chi connectivity index (χ1) is 16.4. The lowest BCUT2D eigenvalue weighted by molar-refractivity contribution is -0.134. The minimum Gasteiger partial charge on any atom is -0.486 e. The third-order valence-corrected chi connectivity index (χ3v) is 5.32. The molecular weight excluding hydrogens is 448 g/mol. The molecule has 0 atom stereocenters. The third-order valence-electron chi connectivity index (χ3n) is 5.09. The first kappa shape index (κ1) is 24.6. The smallest absolute Gasteiger partial charge is 0.358 e. The van der Waals surface area contributed by atoms with Crippen molar-refractivity contribution < 1.29 is 14.6 Å². The van der Waals surface area contributed by atoms with Gasteiger partial charge in [-0.05, 0) is 48.2 Å². The summed E-state index contributed by atoms with van der Waals surface area (Å²) in [5, 5.41) is 16.7. The predicted octanol–water partition coefficient (Wildman–Crippen LogP) is 6.44. The fourth-order valence-corrected chi connectivity index (χ4v) is 3.97. The minimum atomic E-state index is -1.09. The van der Waals surface area contributed by atoms with E-state index >= 15 is 0 Å². The number of aliphatic carboxylic acids is 1. The summed E-state index contributed by atoms with van der Waals surface area (Å²) in [5.74, 6) is -0.784. The molecule has 0 aliphatic carbocycles. The predicted molar refractivity (Wildman–Crippen MR) is 137 cm³/mol. The molecule has 3 aromatic carbocycles. The maximum absolute atomic E-state index is 12.3. The van der Waals surface area contributed by atoms with Gasteiger partial charge in [-0.15, -0.1) is 12.8 Å². The van der Waals surface area contributed by atoms with Crippen LogP contribution in [0.4, 0.5) is 0 Å². The third kappa shape index (κ3) is 5.48. The average molecular weight is 473 g/mol. The molecule has 1 aliphatic heterocycles. The number of carbonyl (C=O) groups is 1. The molecule has 0 amide bonds. The Hall–Kier alpha value is -4.01. The summed E-state index contributed by atoms with van der Waals surface area (Å²) >= 11 is 6.24. The van der Waals surface area contributed by atoms with E-state index in [0.717, 1.165) is 33.5 Å². The van der Waals surface area contributed by atoms with Crippen LogP contribution in [-0.2, 0) is 22.7 Å². The van der Waals surface area contributed by atoms with E-state index in [4.69, 9.17) is 16.3 Å². The van der Waals surface area contributed by atoms with E-state index in [1.807, 2.05) is 86.6 Å². The Kier molecular flexibility index (Phi) is 8.13. The highest BCUT2D eigenvalue weighted by Gasteiger charge is 2.32. The van der Waals surface area contributed by atoms with Crippen LogP contribution in [0.2, 0.25) is 5.02 Å². The highest BCUT2D eigenvalue weighted by atomic mass is 35.5. The fraction of sp³-hybridized carbons (Fsp3) is 0.143. The van der Waals surface area contributed by atoms with E-state index in [1.165, 1.54) is 5.01 Å². The number of fused-ring (bicyclic) bond motifs is 1. The van der Waals surface area contributed by atoms with Crippen LogP contribution in [-0.4, -0.2) is 21.8 Å². The molecule has 0 spiro atoms. The highest BCUT2D eigenvalue weighted by molar-refractivity contribution is 6.30. The van der Waals surface area contributed by atoms with Gasteiger partial charge in [0.05, 0.1) is 6.54 Å². The zero-order chi connectivity index (χ0) is 24.7. The van der Waals surface area contributed by atoms with Gasteiger partial charge < -0.3 is 9.84 Å². The van der Waals surface area contributed by atoms with Crippen molar-refractivity contribution in [2.45, 2.75) is 27.0 Å². The first-order valence-electron chi connectivity index (χ1n) is 10.6. The summed E-state index contributed by atoms with van der Waals surface area (Å²) in [6.45, 7) is 4.23. The van der Waals surface area contributed by atoms with Gasteiger partial charge in [0.15, 0.2) is 11.5 Å². The molecule has 0 bridgehead atoms. The number of carboxylic acids is 1. The summed E-state index contributed by atoms with van der Waals surface area (Å²) in [5.41, 5.74) is 5.32. The summed E-state index contributed by atoms with van der Waals surface area (Å²) in [6.07, 6.45) is 8.00. The Labute approximate surface area is 205 Å². The first-order valence-corrected chi connectivity index (χ1v) is 11.0. The number of hydrogen-bond acceptors (Lipinski definition) is 4. The van der Waals surface area contributed by atoms with Gasteiger partial charge in [-0.3, -0.25) is 5.01 Å². The monoisotopic (exact) mass is 472 g/mol. The SMILES string of the molecule is C#C.CC(C)=NN1Cc2c(cccc2-c2cccc(Cl)c2)C(OCc2ccccc2)=C1C(=O)O. The maximum Gasteiger partial charge on any atom is 0.358 e. The zero-order valence-corrected chi connectivity index (χ0v) is 19.8. The molecular formula is C28H25ClN2O3. The molecule has 0 radical (unpaired) electrons. The summed E-state index contributed by atoms with van der Waals surface area (Å²) in [7, 11) is 0. The Bertz CT molecular complexity index is 1260. The lowest BCUT2D eigenvalue weighted by atomic mass is 9.91. The van der Waals surface area contributed by atoms with Crippen LogP contribution in [0.25, 0.3) is 16.9 Å². The molecule has 172 valence electrons. The van der Waals surface area contributed by atoms with Gasteiger partial charge >= 0.3 is 5.97 Å². The van der Waals surface area contributed by atoms with Crippen LogP contribution in [0.1, 0.15) is 30.5 Å². The van der Waals surface area contributed by atoms with Gasteiger partial charge in [-0.25, -0.2) is 4.79 Å². The molecule has 34 heavy (non-hydrogen) atoms. The molecule has 6 heteroatoms. The van der Waals surface area contributed by atoms with Gasteiger partial charge in [0.2, 0.25) is 0 Å². The molecule has 5 nitrogen and oxygen atoms in total. The second kappa shape index (κ2) is 11.2. The van der Waals surface area contributed by atoms with Crippen LogP contribution >= 0.6 is 11.6 Å². The molecule has 4 rings (SSSR count). The second-order valence-corrected chi connectivity index (χ2v) is 8.14. The fourth-order valence-electron chi connectivity index (χ4n) is 3.78. The van der Waals surface area contributed by atoms with E-state index in [1.54, 1.807) is 0 Å². The van der Waals surface area contributed by atoms with Gasteiger partial charge in [0.1, 0.15) is 6.61 Å². The van der Waals surface area contributed by atoms with Crippen molar-refractivity contribution in [3.63, 3.8) is 0 Å². The number of ether oxygens (including phenoxy) is 1. The molecule has 0 unspecified atom stereocenters. The largest absolute Gasteiger partial charge is 0.486 e.